The minimum absolute atomic E-state index is 0.106. The van der Waals surface area contributed by atoms with Crippen molar-refractivity contribution in [2.24, 2.45) is 0 Å². The molecule has 0 saturated carbocycles. The van der Waals surface area contributed by atoms with Crippen molar-refractivity contribution in [3.8, 4) is 5.75 Å². The van der Waals surface area contributed by atoms with Crippen molar-refractivity contribution >= 4 is 0 Å². The predicted octanol–water partition coefficient (Wildman–Crippen LogP) is 2.77. The molecule has 0 spiro atoms. The first-order valence-electron chi connectivity index (χ1n) is 6.24. The van der Waals surface area contributed by atoms with Gasteiger partial charge in [-0.2, -0.15) is 17.6 Å². The normalized spacial score (nSPS) is 22.6. The Morgan fingerprint density at radius 2 is 2.00 bits per heavy atom. The molecule has 1 aromatic carbocycles. The lowest BCUT2D eigenvalue weighted by Crippen LogP contribution is -2.27. The number of hydrogen-bond acceptors (Lipinski definition) is 3. The minimum atomic E-state index is -4.50. The van der Waals surface area contributed by atoms with Gasteiger partial charge in [-0.1, -0.05) is 6.07 Å². The summed E-state index contributed by atoms with van der Waals surface area (Å²) in [6.07, 6.45) is -6.81. The third-order valence-corrected chi connectivity index (χ3v) is 3.22. The average Bonchev–Trinajstić information content (AvgIpc) is 2.90. The molecular weight excluding hydrogens is 299 g/mol. The molecule has 0 aromatic heterocycles. The number of aliphatic hydroxyl groups is 1. The molecule has 2 rings (SSSR count). The Labute approximate surface area is 117 Å². The van der Waals surface area contributed by atoms with E-state index >= 15 is 0 Å². The van der Waals surface area contributed by atoms with Gasteiger partial charge in [0.25, 0.3) is 0 Å². The summed E-state index contributed by atoms with van der Waals surface area (Å²) < 4.78 is 74.3. The standard InChI is InChI=1S/C13H13F5O3/c14-9-2-1-8(12(11(9)15)20-4-3-19)7-5-10(21-6-7)13(16,17)18/h1-2,7,10,19H,3-6H2. The Morgan fingerprint density at radius 1 is 1.29 bits per heavy atom. The number of alkyl halides is 3. The summed E-state index contributed by atoms with van der Waals surface area (Å²) in [5.41, 5.74) is 0.106. The van der Waals surface area contributed by atoms with Gasteiger partial charge in [0.05, 0.1) is 13.2 Å². The number of aliphatic hydroxyl groups excluding tert-OH is 1. The van der Waals surface area contributed by atoms with E-state index in [9.17, 15) is 22.0 Å². The fourth-order valence-electron chi connectivity index (χ4n) is 2.23. The molecule has 21 heavy (non-hydrogen) atoms. The van der Waals surface area contributed by atoms with E-state index in [0.717, 1.165) is 6.07 Å². The van der Waals surface area contributed by atoms with Gasteiger partial charge in [0.2, 0.25) is 5.82 Å². The third kappa shape index (κ3) is 3.44. The number of rotatable bonds is 4. The van der Waals surface area contributed by atoms with Gasteiger partial charge < -0.3 is 14.6 Å². The average molecular weight is 312 g/mol. The van der Waals surface area contributed by atoms with E-state index in [0.29, 0.717) is 0 Å². The summed E-state index contributed by atoms with van der Waals surface area (Å²) in [5, 5.41) is 8.68. The number of hydrogen-bond donors (Lipinski definition) is 1. The van der Waals surface area contributed by atoms with Crippen LogP contribution in [0.5, 0.6) is 5.75 Å². The van der Waals surface area contributed by atoms with Gasteiger partial charge in [-0.15, -0.1) is 0 Å². The summed E-state index contributed by atoms with van der Waals surface area (Å²) in [5.74, 6) is -3.67. The fraction of sp³-hybridized carbons (Fsp3) is 0.538. The van der Waals surface area contributed by atoms with E-state index in [1.807, 2.05) is 0 Å². The SMILES string of the molecule is OCCOc1c(C2COC(C(F)(F)F)C2)ccc(F)c1F. The highest BCUT2D eigenvalue weighted by Gasteiger charge is 2.46. The molecule has 118 valence electrons. The number of benzene rings is 1. The van der Waals surface area contributed by atoms with Crippen LogP contribution in [-0.4, -0.2) is 37.2 Å². The van der Waals surface area contributed by atoms with Crippen LogP contribution in [0.1, 0.15) is 17.9 Å². The van der Waals surface area contributed by atoms with Crippen molar-refractivity contribution < 1.29 is 36.5 Å². The van der Waals surface area contributed by atoms with Crippen LogP contribution in [0, 0.1) is 11.6 Å². The first kappa shape index (κ1) is 16.0. The highest BCUT2D eigenvalue weighted by molar-refractivity contribution is 5.39. The van der Waals surface area contributed by atoms with E-state index in [-0.39, 0.29) is 25.2 Å². The monoisotopic (exact) mass is 312 g/mol. The quantitative estimate of drug-likeness (QED) is 0.869. The molecule has 1 saturated heterocycles. The maximum Gasteiger partial charge on any atom is 0.414 e. The Balaban J connectivity index is 2.26. The highest BCUT2D eigenvalue weighted by Crippen LogP contribution is 2.41. The molecule has 0 aliphatic carbocycles. The van der Waals surface area contributed by atoms with E-state index in [4.69, 9.17) is 9.84 Å². The van der Waals surface area contributed by atoms with Crippen molar-refractivity contribution in [3.63, 3.8) is 0 Å². The Morgan fingerprint density at radius 3 is 2.57 bits per heavy atom. The van der Waals surface area contributed by atoms with Gasteiger partial charge in [-0.25, -0.2) is 4.39 Å². The van der Waals surface area contributed by atoms with E-state index < -0.39 is 42.2 Å². The second-order valence-electron chi connectivity index (χ2n) is 4.65. The molecule has 2 unspecified atom stereocenters. The van der Waals surface area contributed by atoms with Crippen molar-refractivity contribution in [3.05, 3.63) is 29.3 Å². The van der Waals surface area contributed by atoms with Gasteiger partial charge in [0, 0.05) is 11.5 Å². The lowest BCUT2D eigenvalue weighted by atomic mass is 9.95. The molecule has 3 nitrogen and oxygen atoms in total. The molecule has 1 N–H and O–H groups in total. The molecule has 8 heteroatoms. The molecule has 1 fully saturated rings. The molecule has 1 aromatic rings. The van der Waals surface area contributed by atoms with Crippen molar-refractivity contribution in [1.82, 2.24) is 0 Å². The minimum Gasteiger partial charge on any atom is -0.488 e. The number of ether oxygens (including phenoxy) is 2. The third-order valence-electron chi connectivity index (χ3n) is 3.22. The Kier molecular flexibility index (Phi) is 4.67. The molecule has 1 heterocycles. The van der Waals surface area contributed by atoms with Crippen LogP contribution in [0.15, 0.2) is 12.1 Å². The van der Waals surface area contributed by atoms with Crippen molar-refractivity contribution in [2.45, 2.75) is 24.6 Å². The van der Waals surface area contributed by atoms with Crippen molar-refractivity contribution in [2.75, 3.05) is 19.8 Å². The van der Waals surface area contributed by atoms with Gasteiger partial charge in [-0.3, -0.25) is 0 Å². The zero-order chi connectivity index (χ0) is 15.6. The van der Waals surface area contributed by atoms with E-state index in [1.165, 1.54) is 6.07 Å². The number of halogens is 5. The maximum absolute atomic E-state index is 13.7. The van der Waals surface area contributed by atoms with Gasteiger partial charge in [0.15, 0.2) is 17.7 Å². The molecule has 1 aliphatic rings. The first-order chi connectivity index (χ1) is 9.84. The molecular formula is C13H13F5O3. The predicted molar refractivity (Wildman–Crippen MR) is 62.1 cm³/mol. The summed E-state index contributed by atoms with van der Waals surface area (Å²) in [6, 6.07) is 2.01. The molecule has 1 aliphatic heterocycles. The maximum atomic E-state index is 13.7. The summed E-state index contributed by atoms with van der Waals surface area (Å²) in [4.78, 5) is 0. The zero-order valence-corrected chi connectivity index (χ0v) is 10.8. The van der Waals surface area contributed by atoms with Crippen LogP contribution in [0.25, 0.3) is 0 Å². The fourth-order valence-corrected chi connectivity index (χ4v) is 2.23. The van der Waals surface area contributed by atoms with Crippen LogP contribution >= 0.6 is 0 Å². The lowest BCUT2D eigenvalue weighted by molar-refractivity contribution is -0.206. The van der Waals surface area contributed by atoms with E-state index in [2.05, 4.69) is 4.74 Å². The second-order valence-corrected chi connectivity index (χ2v) is 4.65. The largest absolute Gasteiger partial charge is 0.488 e. The topological polar surface area (TPSA) is 38.7 Å². The molecule has 0 bridgehead atoms. The van der Waals surface area contributed by atoms with Crippen molar-refractivity contribution in [1.29, 1.82) is 0 Å². The summed E-state index contributed by atoms with van der Waals surface area (Å²) >= 11 is 0. The highest BCUT2D eigenvalue weighted by atomic mass is 19.4. The lowest BCUT2D eigenvalue weighted by Gasteiger charge is -2.16. The Hall–Kier alpha value is -1.41. The van der Waals surface area contributed by atoms with Gasteiger partial charge in [0.1, 0.15) is 6.61 Å². The van der Waals surface area contributed by atoms with Crippen LogP contribution in [0.2, 0.25) is 0 Å². The molecule has 2 atom stereocenters. The zero-order valence-electron chi connectivity index (χ0n) is 10.8. The van der Waals surface area contributed by atoms with Gasteiger partial charge >= 0.3 is 6.18 Å². The van der Waals surface area contributed by atoms with Gasteiger partial charge in [-0.05, 0) is 12.5 Å². The van der Waals surface area contributed by atoms with Crippen LogP contribution in [0.4, 0.5) is 22.0 Å². The van der Waals surface area contributed by atoms with Crippen LogP contribution < -0.4 is 4.74 Å². The smallest absolute Gasteiger partial charge is 0.414 e. The Bertz CT molecular complexity index is 503. The van der Waals surface area contributed by atoms with Crippen LogP contribution in [0.3, 0.4) is 0 Å². The van der Waals surface area contributed by atoms with Crippen LogP contribution in [-0.2, 0) is 4.74 Å². The summed E-state index contributed by atoms with van der Waals surface area (Å²) in [6.45, 7) is -0.976. The second kappa shape index (κ2) is 6.15. The van der Waals surface area contributed by atoms with E-state index in [1.54, 1.807) is 0 Å². The molecule has 0 amide bonds. The molecule has 0 radical (unpaired) electrons. The summed E-state index contributed by atoms with van der Waals surface area (Å²) in [7, 11) is 0. The first-order valence-corrected chi connectivity index (χ1v) is 6.24.